The summed E-state index contributed by atoms with van der Waals surface area (Å²) in [5, 5.41) is 35.1. The lowest BCUT2D eigenvalue weighted by molar-refractivity contribution is -0.105. The molecule has 0 spiro atoms. The van der Waals surface area contributed by atoms with Crippen molar-refractivity contribution in [2.75, 3.05) is 46.8 Å². The van der Waals surface area contributed by atoms with Crippen molar-refractivity contribution >= 4 is 0 Å². The molecule has 0 heterocycles. The lowest BCUT2D eigenvalue weighted by Crippen LogP contribution is -2.33. The van der Waals surface area contributed by atoms with Crippen LogP contribution < -0.4 is 0 Å². The van der Waals surface area contributed by atoms with Crippen molar-refractivity contribution < 1.29 is 34.6 Å². The molecule has 0 saturated heterocycles. The standard InChI is InChI=1S/C10H22O7/c1-15-10(6-16-8(2-11)3-12)7-17-9(4-13)5-14/h8-14H,2-7H2,1H3. The smallest absolute Gasteiger partial charge is 0.104 e. The number of hydrogen-bond acceptors (Lipinski definition) is 7. The summed E-state index contributed by atoms with van der Waals surface area (Å²) in [6.07, 6.45) is -1.67. The Kier molecular flexibility index (Phi) is 10.7. The molecule has 0 fully saturated rings. The Balaban J connectivity index is 3.82. The van der Waals surface area contributed by atoms with Gasteiger partial charge in [0.15, 0.2) is 0 Å². The van der Waals surface area contributed by atoms with Crippen LogP contribution in [0.25, 0.3) is 0 Å². The summed E-state index contributed by atoms with van der Waals surface area (Å²) in [5.74, 6) is 0. The molecule has 0 rings (SSSR count). The fourth-order valence-electron chi connectivity index (χ4n) is 0.997. The molecule has 0 radical (unpaired) electrons. The molecule has 0 bridgehead atoms. The van der Waals surface area contributed by atoms with Crippen LogP contribution in [0.1, 0.15) is 0 Å². The Morgan fingerprint density at radius 3 is 1.29 bits per heavy atom. The summed E-state index contributed by atoms with van der Waals surface area (Å²) >= 11 is 0. The van der Waals surface area contributed by atoms with Crippen LogP contribution in [0.4, 0.5) is 0 Å². The van der Waals surface area contributed by atoms with Gasteiger partial charge in [-0.1, -0.05) is 0 Å². The Morgan fingerprint density at radius 2 is 1.06 bits per heavy atom. The summed E-state index contributed by atoms with van der Waals surface area (Å²) in [5.41, 5.74) is 0. The van der Waals surface area contributed by atoms with Gasteiger partial charge in [-0.05, 0) is 0 Å². The zero-order chi connectivity index (χ0) is 13.1. The number of aliphatic hydroxyl groups is 4. The van der Waals surface area contributed by atoms with E-state index in [9.17, 15) is 0 Å². The lowest BCUT2D eigenvalue weighted by Gasteiger charge is -2.21. The number of rotatable bonds is 11. The van der Waals surface area contributed by atoms with E-state index >= 15 is 0 Å². The van der Waals surface area contributed by atoms with Gasteiger partial charge in [-0.25, -0.2) is 0 Å². The van der Waals surface area contributed by atoms with E-state index in [2.05, 4.69) is 0 Å². The Hall–Kier alpha value is -0.280. The number of methoxy groups -OCH3 is 1. The predicted molar refractivity (Wildman–Crippen MR) is 58.6 cm³/mol. The van der Waals surface area contributed by atoms with E-state index in [0.29, 0.717) is 0 Å². The topological polar surface area (TPSA) is 109 Å². The predicted octanol–water partition coefficient (Wildman–Crippen LogP) is -2.26. The van der Waals surface area contributed by atoms with Gasteiger partial charge in [0.05, 0.1) is 39.6 Å². The highest BCUT2D eigenvalue weighted by Gasteiger charge is 2.15. The number of ether oxygens (including phenoxy) is 3. The van der Waals surface area contributed by atoms with Crippen molar-refractivity contribution in [1.29, 1.82) is 0 Å². The third kappa shape index (κ3) is 7.61. The quantitative estimate of drug-likeness (QED) is 0.329. The molecule has 104 valence electrons. The van der Waals surface area contributed by atoms with Crippen molar-refractivity contribution in [3.8, 4) is 0 Å². The molecule has 0 aromatic rings. The van der Waals surface area contributed by atoms with Crippen molar-refractivity contribution in [3.05, 3.63) is 0 Å². The van der Waals surface area contributed by atoms with E-state index in [1.165, 1.54) is 7.11 Å². The fourth-order valence-corrected chi connectivity index (χ4v) is 0.997. The van der Waals surface area contributed by atoms with Gasteiger partial charge in [0.1, 0.15) is 18.3 Å². The Morgan fingerprint density at radius 1 is 0.706 bits per heavy atom. The van der Waals surface area contributed by atoms with Crippen LogP contribution in [-0.4, -0.2) is 85.5 Å². The van der Waals surface area contributed by atoms with Gasteiger partial charge in [-0.2, -0.15) is 0 Å². The number of aliphatic hydroxyl groups excluding tert-OH is 4. The highest BCUT2D eigenvalue weighted by molar-refractivity contribution is 4.61. The van der Waals surface area contributed by atoms with E-state index in [-0.39, 0.29) is 39.6 Å². The average molecular weight is 254 g/mol. The van der Waals surface area contributed by atoms with Crippen molar-refractivity contribution in [3.63, 3.8) is 0 Å². The molecule has 4 N–H and O–H groups in total. The maximum Gasteiger partial charge on any atom is 0.104 e. The van der Waals surface area contributed by atoms with Crippen LogP contribution in [-0.2, 0) is 14.2 Å². The minimum absolute atomic E-state index is 0.145. The van der Waals surface area contributed by atoms with Gasteiger partial charge in [0, 0.05) is 7.11 Å². The Labute approximate surface area is 101 Å². The van der Waals surface area contributed by atoms with Crippen LogP contribution >= 0.6 is 0 Å². The van der Waals surface area contributed by atoms with Crippen molar-refractivity contribution in [2.45, 2.75) is 18.3 Å². The second kappa shape index (κ2) is 10.8. The molecule has 0 aliphatic rings. The maximum atomic E-state index is 8.78. The summed E-state index contributed by atoms with van der Waals surface area (Å²) in [7, 11) is 1.47. The van der Waals surface area contributed by atoms with Crippen LogP contribution in [0.2, 0.25) is 0 Å². The molecule has 0 unspecified atom stereocenters. The lowest BCUT2D eigenvalue weighted by atomic mass is 10.3. The second-order valence-corrected chi connectivity index (χ2v) is 3.50. The third-order valence-electron chi connectivity index (χ3n) is 2.18. The largest absolute Gasteiger partial charge is 0.394 e. The van der Waals surface area contributed by atoms with Gasteiger partial charge in [-0.3, -0.25) is 0 Å². The normalized spacial score (nSPS) is 12.0. The van der Waals surface area contributed by atoms with E-state index in [4.69, 9.17) is 34.6 Å². The van der Waals surface area contributed by atoms with Crippen LogP contribution in [0.5, 0.6) is 0 Å². The molecule has 0 saturated carbocycles. The van der Waals surface area contributed by atoms with Gasteiger partial charge < -0.3 is 34.6 Å². The molecular formula is C10H22O7. The first-order chi connectivity index (χ1) is 8.21. The monoisotopic (exact) mass is 254 g/mol. The summed E-state index contributed by atoms with van der Waals surface area (Å²) in [6.45, 7) is -0.807. The maximum absolute atomic E-state index is 8.78. The van der Waals surface area contributed by atoms with Gasteiger partial charge in [0.25, 0.3) is 0 Å². The van der Waals surface area contributed by atoms with Gasteiger partial charge in [0.2, 0.25) is 0 Å². The zero-order valence-electron chi connectivity index (χ0n) is 9.99. The van der Waals surface area contributed by atoms with E-state index in [0.717, 1.165) is 0 Å². The summed E-state index contributed by atoms with van der Waals surface area (Å²) < 4.78 is 15.4. The molecular weight excluding hydrogens is 232 g/mol. The first-order valence-corrected chi connectivity index (χ1v) is 5.41. The molecule has 7 nitrogen and oxygen atoms in total. The highest BCUT2D eigenvalue weighted by atomic mass is 16.6. The minimum atomic E-state index is -0.640. The molecule has 0 aromatic heterocycles. The first kappa shape index (κ1) is 16.7. The molecule has 0 aliphatic heterocycles. The number of hydrogen-bond donors (Lipinski definition) is 4. The molecule has 17 heavy (non-hydrogen) atoms. The zero-order valence-corrected chi connectivity index (χ0v) is 9.99. The van der Waals surface area contributed by atoms with Gasteiger partial charge >= 0.3 is 0 Å². The molecule has 0 aliphatic carbocycles. The molecule has 0 aromatic carbocycles. The third-order valence-corrected chi connectivity index (χ3v) is 2.18. The highest BCUT2D eigenvalue weighted by Crippen LogP contribution is 2.00. The van der Waals surface area contributed by atoms with E-state index < -0.39 is 18.3 Å². The van der Waals surface area contributed by atoms with E-state index in [1.807, 2.05) is 0 Å². The summed E-state index contributed by atoms with van der Waals surface area (Å²) in [6, 6.07) is 0. The summed E-state index contributed by atoms with van der Waals surface area (Å²) in [4.78, 5) is 0. The molecule has 7 heteroatoms. The average Bonchev–Trinajstić information content (AvgIpc) is 2.38. The first-order valence-electron chi connectivity index (χ1n) is 5.41. The Bertz CT molecular complexity index is 143. The second-order valence-electron chi connectivity index (χ2n) is 3.50. The van der Waals surface area contributed by atoms with Crippen molar-refractivity contribution in [2.24, 2.45) is 0 Å². The van der Waals surface area contributed by atoms with Crippen molar-refractivity contribution in [1.82, 2.24) is 0 Å². The minimum Gasteiger partial charge on any atom is -0.394 e. The molecule has 0 amide bonds. The van der Waals surface area contributed by atoms with Crippen LogP contribution in [0.15, 0.2) is 0 Å². The van der Waals surface area contributed by atoms with Crippen LogP contribution in [0, 0.1) is 0 Å². The molecule has 0 atom stereocenters. The van der Waals surface area contributed by atoms with E-state index in [1.54, 1.807) is 0 Å². The fraction of sp³-hybridized carbons (Fsp3) is 1.00. The van der Waals surface area contributed by atoms with Crippen LogP contribution in [0.3, 0.4) is 0 Å². The SMILES string of the molecule is COC(COC(CO)CO)COC(CO)CO. The van der Waals surface area contributed by atoms with Gasteiger partial charge in [-0.15, -0.1) is 0 Å².